The Morgan fingerprint density at radius 2 is 1.85 bits per heavy atom. The molecule has 3 nitrogen and oxygen atoms in total. The first kappa shape index (κ1) is 12.9. The first-order chi connectivity index (χ1) is 6.22. The number of hydrogen-bond donors (Lipinski definition) is 1. The van der Waals surface area contributed by atoms with Gasteiger partial charge in [-0.15, -0.1) is 0 Å². The van der Waals surface area contributed by atoms with Crippen molar-refractivity contribution in [2.45, 2.75) is 26.3 Å². The summed E-state index contributed by atoms with van der Waals surface area (Å²) in [5.74, 6) is 0.660. The van der Waals surface area contributed by atoms with Gasteiger partial charge < -0.3 is 14.8 Å². The van der Waals surface area contributed by atoms with Crippen molar-refractivity contribution in [3.8, 4) is 0 Å². The second-order valence-electron chi connectivity index (χ2n) is 3.45. The molecule has 1 N–H and O–H groups in total. The van der Waals surface area contributed by atoms with E-state index in [-0.39, 0.29) is 0 Å². The minimum absolute atomic E-state index is 0.561. The summed E-state index contributed by atoms with van der Waals surface area (Å²) in [5.41, 5.74) is 0. The fourth-order valence-corrected chi connectivity index (χ4v) is 1.05. The maximum atomic E-state index is 5.39. The molecule has 2 atom stereocenters. The summed E-state index contributed by atoms with van der Waals surface area (Å²) in [7, 11) is 3.68. The molecule has 0 aliphatic rings. The molecule has 0 aromatic heterocycles. The van der Waals surface area contributed by atoms with E-state index >= 15 is 0 Å². The van der Waals surface area contributed by atoms with Gasteiger partial charge in [0.1, 0.15) is 0 Å². The van der Waals surface area contributed by atoms with Crippen LogP contribution in [0.15, 0.2) is 0 Å². The van der Waals surface area contributed by atoms with Crippen LogP contribution in [0.2, 0.25) is 0 Å². The second kappa shape index (κ2) is 8.48. The van der Waals surface area contributed by atoms with Gasteiger partial charge in [-0.05, 0) is 26.3 Å². The van der Waals surface area contributed by atoms with Crippen LogP contribution in [-0.4, -0.2) is 40.0 Å². The van der Waals surface area contributed by atoms with Gasteiger partial charge in [0.2, 0.25) is 0 Å². The zero-order chi connectivity index (χ0) is 10.1. The van der Waals surface area contributed by atoms with Crippen LogP contribution in [-0.2, 0) is 9.47 Å². The normalized spacial score (nSPS) is 15.7. The Balaban J connectivity index is 3.21. The molecule has 0 rings (SSSR count). The summed E-state index contributed by atoms with van der Waals surface area (Å²) in [6.45, 7) is 6.66. The third kappa shape index (κ3) is 6.99. The first-order valence-corrected chi connectivity index (χ1v) is 4.96. The van der Waals surface area contributed by atoms with Gasteiger partial charge in [0.15, 0.2) is 0 Å². The van der Waals surface area contributed by atoms with Crippen LogP contribution < -0.4 is 5.32 Å². The van der Waals surface area contributed by atoms with E-state index in [1.165, 1.54) is 0 Å². The van der Waals surface area contributed by atoms with Gasteiger partial charge >= 0.3 is 0 Å². The Morgan fingerprint density at radius 3 is 2.38 bits per heavy atom. The molecule has 3 heteroatoms. The van der Waals surface area contributed by atoms with Crippen molar-refractivity contribution >= 4 is 0 Å². The number of ether oxygens (including phenoxy) is 2. The molecule has 0 bridgehead atoms. The molecule has 0 spiro atoms. The van der Waals surface area contributed by atoms with E-state index in [4.69, 9.17) is 9.47 Å². The summed E-state index contributed by atoms with van der Waals surface area (Å²) in [5, 5.41) is 3.24. The first-order valence-electron chi connectivity index (χ1n) is 4.96. The van der Waals surface area contributed by atoms with E-state index < -0.39 is 0 Å². The Morgan fingerprint density at radius 1 is 1.15 bits per heavy atom. The smallest absolute Gasteiger partial charge is 0.0700 e. The van der Waals surface area contributed by atoms with E-state index in [0.717, 1.165) is 13.0 Å². The van der Waals surface area contributed by atoms with E-state index in [0.29, 0.717) is 25.2 Å². The summed E-state index contributed by atoms with van der Waals surface area (Å²) in [4.78, 5) is 0. The molecule has 0 aromatic carbocycles. The summed E-state index contributed by atoms with van der Waals surface area (Å²) >= 11 is 0. The second-order valence-corrected chi connectivity index (χ2v) is 3.45. The van der Waals surface area contributed by atoms with Crippen molar-refractivity contribution in [2.75, 3.05) is 34.0 Å². The molecule has 0 heterocycles. The molecule has 0 aliphatic carbocycles. The van der Waals surface area contributed by atoms with Crippen molar-refractivity contribution < 1.29 is 9.47 Å². The van der Waals surface area contributed by atoms with Gasteiger partial charge in [0.05, 0.1) is 13.2 Å². The van der Waals surface area contributed by atoms with Crippen LogP contribution in [0.1, 0.15) is 20.3 Å². The quantitative estimate of drug-likeness (QED) is 0.584. The van der Waals surface area contributed by atoms with Crippen LogP contribution >= 0.6 is 0 Å². The van der Waals surface area contributed by atoms with Crippen LogP contribution in [0, 0.1) is 5.92 Å². The van der Waals surface area contributed by atoms with Gasteiger partial charge in [-0.25, -0.2) is 0 Å². The Kier molecular flexibility index (Phi) is 8.40. The Hall–Kier alpha value is -0.120. The number of rotatable bonds is 8. The number of nitrogens with one attached hydrogen (secondary N) is 1. The lowest BCUT2D eigenvalue weighted by atomic mass is 10.0. The van der Waals surface area contributed by atoms with E-state index in [1.807, 2.05) is 7.05 Å². The predicted octanol–water partition coefficient (Wildman–Crippen LogP) is 1.28. The molecule has 0 aromatic rings. The van der Waals surface area contributed by atoms with Crippen molar-refractivity contribution in [1.29, 1.82) is 0 Å². The summed E-state index contributed by atoms with van der Waals surface area (Å²) < 4.78 is 10.3. The van der Waals surface area contributed by atoms with Crippen LogP contribution in [0.25, 0.3) is 0 Å². The third-order valence-electron chi connectivity index (χ3n) is 2.46. The molecule has 80 valence electrons. The lowest BCUT2D eigenvalue weighted by molar-refractivity contribution is 0.0629. The Labute approximate surface area is 81.8 Å². The molecular formula is C10H23NO2. The fourth-order valence-electron chi connectivity index (χ4n) is 1.05. The molecule has 0 amide bonds. The standard InChI is InChI=1S/C10H23NO2/c1-9(10(2)11-3)5-6-13-8-7-12-4/h9-11H,5-8H2,1-4H3. The summed E-state index contributed by atoms with van der Waals surface area (Å²) in [6.07, 6.45) is 1.10. The summed E-state index contributed by atoms with van der Waals surface area (Å²) in [6, 6.07) is 0.561. The molecular weight excluding hydrogens is 166 g/mol. The zero-order valence-electron chi connectivity index (χ0n) is 9.30. The number of methoxy groups -OCH3 is 1. The van der Waals surface area contributed by atoms with Crippen molar-refractivity contribution in [3.05, 3.63) is 0 Å². The highest BCUT2D eigenvalue weighted by Crippen LogP contribution is 2.06. The molecule has 0 saturated carbocycles. The van der Waals surface area contributed by atoms with Gasteiger partial charge in [-0.2, -0.15) is 0 Å². The van der Waals surface area contributed by atoms with Gasteiger partial charge in [-0.3, -0.25) is 0 Å². The third-order valence-corrected chi connectivity index (χ3v) is 2.46. The minimum Gasteiger partial charge on any atom is -0.382 e. The molecule has 0 radical (unpaired) electrons. The SMILES string of the molecule is CNC(C)C(C)CCOCCOC. The predicted molar refractivity (Wildman–Crippen MR) is 55.0 cm³/mol. The van der Waals surface area contributed by atoms with E-state index in [1.54, 1.807) is 7.11 Å². The molecule has 2 unspecified atom stereocenters. The van der Waals surface area contributed by atoms with Gasteiger partial charge in [0.25, 0.3) is 0 Å². The topological polar surface area (TPSA) is 30.5 Å². The van der Waals surface area contributed by atoms with Crippen molar-refractivity contribution in [3.63, 3.8) is 0 Å². The average molecular weight is 189 g/mol. The monoisotopic (exact) mass is 189 g/mol. The van der Waals surface area contributed by atoms with Crippen LogP contribution in [0.4, 0.5) is 0 Å². The largest absolute Gasteiger partial charge is 0.382 e. The van der Waals surface area contributed by atoms with Crippen LogP contribution in [0.5, 0.6) is 0 Å². The lowest BCUT2D eigenvalue weighted by Crippen LogP contribution is -2.29. The minimum atomic E-state index is 0.561. The zero-order valence-corrected chi connectivity index (χ0v) is 9.30. The van der Waals surface area contributed by atoms with Gasteiger partial charge in [0, 0.05) is 19.8 Å². The van der Waals surface area contributed by atoms with E-state index in [2.05, 4.69) is 19.2 Å². The molecule has 13 heavy (non-hydrogen) atoms. The highest BCUT2D eigenvalue weighted by Gasteiger charge is 2.08. The Bertz CT molecular complexity index is 109. The maximum absolute atomic E-state index is 5.39. The van der Waals surface area contributed by atoms with Crippen LogP contribution in [0.3, 0.4) is 0 Å². The molecule has 0 fully saturated rings. The molecule has 0 aliphatic heterocycles. The lowest BCUT2D eigenvalue weighted by Gasteiger charge is -2.18. The van der Waals surface area contributed by atoms with Crippen molar-refractivity contribution in [2.24, 2.45) is 5.92 Å². The maximum Gasteiger partial charge on any atom is 0.0700 e. The van der Waals surface area contributed by atoms with Crippen molar-refractivity contribution in [1.82, 2.24) is 5.32 Å². The number of hydrogen-bond acceptors (Lipinski definition) is 3. The van der Waals surface area contributed by atoms with E-state index in [9.17, 15) is 0 Å². The fraction of sp³-hybridized carbons (Fsp3) is 1.00. The highest BCUT2D eigenvalue weighted by atomic mass is 16.5. The average Bonchev–Trinajstić information content (AvgIpc) is 2.16. The highest BCUT2D eigenvalue weighted by molar-refractivity contribution is 4.65. The molecule has 0 saturated heterocycles. The van der Waals surface area contributed by atoms with Gasteiger partial charge in [-0.1, -0.05) is 6.92 Å².